The molecule has 136 valence electrons. The first-order valence-corrected chi connectivity index (χ1v) is 8.56. The predicted octanol–water partition coefficient (Wildman–Crippen LogP) is 3.26. The molecule has 2 heterocycles. The lowest BCUT2D eigenvalue weighted by atomic mass is 10.1. The number of aromatic nitrogens is 4. The van der Waals surface area contributed by atoms with Crippen LogP contribution in [0.5, 0.6) is 0 Å². The average molecular weight is 354 g/mol. The van der Waals surface area contributed by atoms with Crippen LogP contribution in [0.2, 0.25) is 0 Å². The van der Waals surface area contributed by atoms with E-state index in [-0.39, 0.29) is 12.1 Å². The lowest BCUT2D eigenvalue weighted by Gasteiger charge is -2.09. The number of nitrogens with one attached hydrogen (secondary N) is 2. The molecule has 0 radical (unpaired) electrons. The second-order valence-electron chi connectivity index (χ2n) is 6.10. The molecule has 0 saturated carbocycles. The minimum atomic E-state index is -0.573. The number of fused-ring (bicyclic) bond motifs is 1. The van der Waals surface area contributed by atoms with E-state index in [1.54, 1.807) is 30.6 Å². The van der Waals surface area contributed by atoms with Gasteiger partial charge in [-0.1, -0.05) is 31.2 Å². The predicted molar refractivity (Wildman–Crippen MR) is 99.2 cm³/mol. The minimum absolute atomic E-state index is 0.216. The van der Waals surface area contributed by atoms with Crippen molar-refractivity contribution in [3.8, 4) is 0 Å². The molecule has 26 heavy (non-hydrogen) atoms. The summed E-state index contributed by atoms with van der Waals surface area (Å²) in [7, 11) is 0. The Hall–Kier alpha value is -3.16. The number of amides is 1. The number of nitrogens with zero attached hydrogens (tertiary/aromatic N) is 4. The van der Waals surface area contributed by atoms with Crippen molar-refractivity contribution in [2.45, 2.75) is 39.8 Å². The molecule has 0 atom stereocenters. The van der Waals surface area contributed by atoms with Gasteiger partial charge in [-0.15, -0.1) is 10.2 Å². The number of carbonyl (C=O) groups is 1. The summed E-state index contributed by atoms with van der Waals surface area (Å²) in [6, 6.07) is 8.41. The van der Waals surface area contributed by atoms with Gasteiger partial charge in [-0.05, 0) is 31.4 Å². The van der Waals surface area contributed by atoms with Gasteiger partial charge in [0.05, 0.1) is 6.10 Å². The van der Waals surface area contributed by atoms with E-state index in [0.29, 0.717) is 18.0 Å². The van der Waals surface area contributed by atoms with Crippen molar-refractivity contribution >= 4 is 23.5 Å². The van der Waals surface area contributed by atoms with Gasteiger partial charge in [0.1, 0.15) is 0 Å². The van der Waals surface area contributed by atoms with E-state index in [9.17, 15) is 4.79 Å². The summed E-state index contributed by atoms with van der Waals surface area (Å²) in [5.74, 6) is 0.869. The van der Waals surface area contributed by atoms with E-state index < -0.39 is 6.09 Å². The molecule has 3 rings (SSSR count). The topological polar surface area (TPSA) is 93.4 Å². The Morgan fingerprint density at radius 3 is 2.62 bits per heavy atom. The molecule has 0 fully saturated rings. The third-order valence-corrected chi connectivity index (χ3v) is 3.77. The molecule has 8 heteroatoms. The minimum Gasteiger partial charge on any atom is -0.447 e. The summed E-state index contributed by atoms with van der Waals surface area (Å²) in [4.78, 5) is 16.1. The standard InChI is InChI=1S/C18H22N6O2/c1-4-13-5-7-14(8-6-13)11-20-15-16-22-23-17(24(16)10-9-19-15)21-18(25)26-12(2)3/h5-10,12H,4,11H2,1-3H3,(H,19,20)(H,21,23,25). The number of carbonyl (C=O) groups excluding carboxylic acids is 1. The third-order valence-electron chi connectivity index (χ3n) is 3.77. The number of hydrogen-bond donors (Lipinski definition) is 2. The van der Waals surface area contributed by atoms with E-state index in [0.717, 1.165) is 12.0 Å². The second kappa shape index (κ2) is 7.81. The van der Waals surface area contributed by atoms with Gasteiger partial charge in [-0.2, -0.15) is 0 Å². The van der Waals surface area contributed by atoms with Crippen LogP contribution in [-0.2, 0) is 17.7 Å². The number of rotatable bonds is 6. The smallest absolute Gasteiger partial charge is 0.414 e. The molecule has 2 N–H and O–H groups in total. The molecule has 0 aliphatic rings. The van der Waals surface area contributed by atoms with E-state index in [2.05, 4.69) is 57.0 Å². The first-order valence-electron chi connectivity index (χ1n) is 8.56. The van der Waals surface area contributed by atoms with Crippen LogP contribution in [0.15, 0.2) is 36.7 Å². The molecule has 3 aromatic rings. The van der Waals surface area contributed by atoms with Crippen molar-refractivity contribution in [1.82, 2.24) is 19.6 Å². The quantitative estimate of drug-likeness (QED) is 0.706. The molecule has 0 spiro atoms. The summed E-state index contributed by atoms with van der Waals surface area (Å²) in [5.41, 5.74) is 2.97. The molecule has 1 aromatic carbocycles. The highest BCUT2D eigenvalue weighted by Crippen LogP contribution is 2.16. The first-order chi connectivity index (χ1) is 12.6. The Morgan fingerprint density at radius 2 is 1.92 bits per heavy atom. The summed E-state index contributed by atoms with van der Waals surface area (Å²) in [5, 5.41) is 14.0. The fourth-order valence-corrected chi connectivity index (χ4v) is 2.45. The maximum Gasteiger partial charge on any atom is 0.414 e. The highest BCUT2D eigenvalue weighted by atomic mass is 16.6. The third kappa shape index (κ3) is 4.08. The highest BCUT2D eigenvalue weighted by Gasteiger charge is 2.14. The molecule has 8 nitrogen and oxygen atoms in total. The van der Waals surface area contributed by atoms with Crippen LogP contribution in [0.1, 0.15) is 31.9 Å². The maximum atomic E-state index is 11.8. The summed E-state index contributed by atoms with van der Waals surface area (Å²) >= 11 is 0. The van der Waals surface area contributed by atoms with E-state index in [4.69, 9.17) is 4.74 Å². The molecule has 0 unspecified atom stereocenters. The van der Waals surface area contributed by atoms with Crippen molar-refractivity contribution in [3.63, 3.8) is 0 Å². The summed E-state index contributed by atoms with van der Waals surface area (Å²) in [6.07, 6.45) is 3.53. The lowest BCUT2D eigenvalue weighted by Crippen LogP contribution is -2.19. The molecule has 0 bridgehead atoms. The zero-order valence-electron chi connectivity index (χ0n) is 15.1. The zero-order valence-corrected chi connectivity index (χ0v) is 15.1. The molecular formula is C18H22N6O2. The second-order valence-corrected chi connectivity index (χ2v) is 6.10. The van der Waals surface area contributed by atoms with Crippen LogP contribution in [0.25, 0.3) is 5.65 Å². The van der Waals surface area contributed by atoms with Gasteiger partial charge in [0.15, 0.2) is 5.82 Å². The highest BCUT2D eigenvalue weighted by molar-refractivity contribution is 5.83. The largest absolute Gasteiger partial charge is 0.447 e. The Balaban J connectivity index is 1.74. The fourth-order valence-electron chi connectivity index (χ4n) is 2.45. The van der Waals surface area contributed by atoms with Gasteiger partial charge in [0.25, 0.3) is 0 Å². The van der Waals surface area contributed by atoms with Gasteiger partial charge in [0, 0.05) is 18.9 Å². The van der Waals surface area contributed by atoms with E-state index in [1.165, 1.54) is 5.56 Å². The monoisotopic (exact) mass is 354 g/mol. The number of aryl methyl sites for hydroxylation is 1. The number of benzene rings is 1. The normalized spacial score (nSPS) is 10.9. The van der Waals surface area contributed by atoms with Crippen molar-refractivity contribution in [2.24, 2.45) is 0 Å². The van der Waals surface area contributed by atoms with Gasteiger partial charge >= 0.3 is 6.09 Å². The SMILES string of the molecule is CCc1ccc(CNc2nccn3c(NC(=O)OC(C)C)nnc23)cc1. The zero-order chi connectivity index (χ0) is 18.5. The van der Waals surface area contributed by atoms with Gasteiger partial charge < -0.3 is 10.1 Å². The van der Waals surface area contributed by atoms with E-state index in [1.807, 2.05) is 0 Å². The summed E-state index contributed by atoms with van der Waals surface area (Å²) < 4.78 is 6.71. The molecule has 0 aliphatic carbocycles. The maximum absolute atomic E-state index is 11.8. The van der Waals surface area contributed by atoms with Gasteiger partial charge in [-0.25, -0.2) is 9.78 Å². The van der Waals surface area contributed by atoms with Gasteiger partial charge in [0.2, 0.25) is 11.6 Å². The Kier molecular flexibility index (Phi) is 5.31. The van der Waals surface area contributed by atoms with Crippen molar-refractivity contribution in [3.05, 3.63) is 47.8 Å². The van der Waals surface area contributed by atoms with Crippen molar-refractivity contribution < 1.29 is 9.53 Å². The molecule has 2 aromatic heterocycles. The molecule has 0 aliphatic heterocycles. The van der Waals surface area contributed by atoms with Crippen LogP contribution in [-0.4, -0.2) is 31.8 Å². The summed E-state index contributed by atoms with van der Waals surface area (Å²) in [6.45, 7) is 6.30. The lowest BCUT2D eigenvalue weighted by molar-refractivity contribution is 0.129. The molecule has 0 saturated heterocycles. The van der Waals surface area contributed by atoms with Crippen LogP contribution >= 0.6 is 0 Å². The average Bonchev–Trinajstić information content (AvgIpc) is 3.03. The number of anilines is 2. The van der Waals surface area contributed by atoms with E-state index >= 15 is 0 Å². The van der Waals surface area contributed by atoms with Crippen molar-refractivity contribution in [1.29, 1.82) is 0 Å². The number of hydrogen-bond acceptors (Lipinski definition) is 6. The first kappa shape index (κ1) is 17.7. The van der Waals surface area contributed by atoms with Crippen LogP contribution in [0.4, 0.5) is 16.6 Å². The van der Waals surface area contributed by atoms with Crippen molar-refractivity contribution in [2.75, 3.05) is 10.6 Å². The Bertz CT molecular complexity index is 888. The Morgan fingerprint density at radius 1 is 1.19 bits per heavy atom. The molecular weight excluding hydrogens is 332 g/mol. The van der Waals surface area contributed by atoms with Crippen LogP contribution in [0, 0.1) is 0 Å². The molecule has 1 amide bonds. The fraction of sp³-hybridized carbons (Fsp3) is 0.333. The van der Waals surface area contributed by atoms with Crippen LogP contribution in [0.3, 0.4) is 0 Å². The number of ether oxygens (including phenoxy) is 1. The Labute approximate surface area is 151 Å². The van der Waals surface area contributed by atoms with Gasteiger partial charge in [-0.3, -0.25) is 9.72 Å². The van der Waals surface area contributed by atoms with Crippen LogP contribution < -0.4 is 10.6 Å².